The first-order chi connectivity index (χ1) is 13.1. The number of ether oxygens (including phenoxy) is 2. The van der Waals surface area contributed by atoms with Crippen LogP contribution in [0.25, 0.3) is 0 Å². The molecular formula is C22H19NO4. The molecule has 0 aliphatic carbocycles. The van der Waals surface area contributed by atoms with E-state index in [0.717, 1.165) is 0 Å². The number of hydrogen-bond acceptors (Lipinski definition) is 4. The molecule has 0 unspecified atom stereocenters. The van der Waals surface area contributed by atoms with E-state index in [1.807, 2.05) is 18.2 Å². The molecule has 5 heteroatoms. The van der Waals surface area contributed by atoms with Gasteiger partial charge in [0.1, 0.15) is 11.5 Å². The Bertz CT molecular complexity index is 967. The van der Waals surface area contributed by atoms with Crippen molar-refractivity contribution < 1.29 is 19.1 Å². The van der Waals surface area contributed by atoms with Crippen LogP contribution in [0.2, 0.25) is 0 Å². The zero-order valence-corrected chi connectivity index (χ0v) is 15.1. The average Bonchev–Trinajstić information content (AvgIpc) is 2.73. The van der Waals surface area contributed by atoms with Crippen molar-refractivity contribution in [3.8, 4) is 11.5 Å². The summed E-state index contributed by atoms with van der Waals surface area (Å²) in [6, 6.07) is 20.7. The van der Waals surface area contributed by atoms with Crippen LogP contribution in [-0.4, -0.2) is 25.9 Å². The number of ketones is 1. The highest BCUT2D eigenvalue weighted by molar-refractivity contribution is 6.11. The first-order valence-corrected chi connectivity index (χ1v) is 8.35. The fourth-order valence-corrected chi connectivity index (χ4v) is 2.66. The smallest absolute Gasteiger partial charge is 0.255 e. The third-order valence-electron chi connectivity index (χ3n) is 4.08. The van der Waals surface area contributed by atoms with Crippen molar-refractivity contribution in [2.24, 2.45) is 0 Å². The molecule has 3 rings (SSSR count). The number of nitrogens with one attached hydrogen (secondary N) is 1. The minimum Gasteiger partial charge on any atom is -0.497 e. The molecule has 3 aromatic carbocycles. The Hall–Kier alpha value is -3.60. The standard InChI is InChI=1S/C22H19NO4/c1-26-18-10-6-9-17(13-18)22(25)23-19-14-16(11-12-20(19)27-2)21(24)15-7-4-3-5-8-15/h3-14H,1-2H3,(H,23,25). The minimum absolute atomic E-state index is 0.130. The second-order valence-corrected chi connectivity index (χ2v) is 5.80. The number of anilines is 1. The Morgan fingerprint density at radius 3 is 2.19 bits per heavy atom. The van der Waals surface area contributed by atoms with Gasteiger partial charge < -0.3 is 14.8 Å². The Morgan fingerprint density at radius 1 is 0.741 bits per heavy atom. The molecule has 0 bridgehead atoms. The maximum atomic E-state index is 12.7. The highest BCUT2D eigenvalue weighted by atomic mass is 16.5. The molecule has 1 amide bonds. The molecule has 0 spiro atoms. The summed E-state index contributed by atoms with van der Waals surface area (Å²) in [6.07, 6.45) is 0. The third kappa shape index (κ3) is 4.15. The topological polar surface area (TPSA) is 64.6 Å². The normalized spacial score (nSPS) is 10.1. The van der Waals surface area contributed by atoms with E-state index in [4.69, 9.17) is 9.47 Å². The molecule has 1 N–H and O–H groups in total. The van der Waals surface area contributed by atoms with E-state index < -0.39 is 0 Å². The predicted octanol–water partition coefficient (Wildman–Crippen LogP) is 4.19. The van der Waals surface area contributed by atoms with E-state index >= 15 is 0 Å². The van der Waals surface area contributed by atoms with Crippen LogP contribution in [0.1, 0.15) is 26.3 Å². The van der Waals surface area contributed by atoms with Crippen LogP contribution in [0, 0.1) is 0 Å². The Morgan fingerprint density at radius 2 is 1.48 bits per heavy atom. The van der Waals surface area contributed by atoms with Gasteiger partial charge in [-0.25, -0.2) is 0 Å². The second-order valence-electron chi connectivity index (χ2n) is 5.80. The molecule has 0 saturated carbocycles. The molecule has 0 saturated heterocycles. The van der Waals surface area contributed by atoms with E-state index in [1.165, 1.54) is 7.11 Å². The highest BCUT2D eigenvalue weighted by Crippen LogP contribution is 2.27. The summed E-state index contributed by atoms with van der Waals surface area (Å²) in [5, 5.41) is 2.80. The van der Waals surface area contributed by atoms with Crippen molar-refractivity contribution in [3.05, 3.63) is 89.5 Å². The van der Waals surface area contributed by atoms with Crippen molar-refractivity contribution >= 4 is 17.4 Å². The monoisotopic (exact) mass is 361 g/mol. The van der Waals surface area contributed by atoms with Crippen LogP contribution in [0.3, 0.4) is 0 Å². The van der Waals surface area contributed by atoms with Crippen LogP contribution >= 0.6 is 0 Å². The van der Waals surface area contributed by atoms with Crippen LogP contribution in [-0.2, 0) is 0 Å². The van der Waals surface area contributed by atoms with Crippen molar-refractivity contribution in [3.63, 3.8) is 0 Å². The highest BCUT2D eigenvalue weighted by Gasteiger charge is 2.15. The molecule has 0 heterocycles. The number of carbonyl (C=O) groups is 2. The zero-order valence-electron chi connectivity index (χ0n) is 15.1. The van der Waals surface area contributed by atoms with E-state index in [1.54, 1.807) is 61.7 Å². The Labute approximate surface area is 157 Å². The van der Waals surface area contributed by atoms with Crippen LogP contribution in [0.5, 0.6) is 11.5 Å². The van der Waals surface area contributed by atoms with Gasteiger partial charge in [0, 0.05) is 16.7 Å². The van der Waals surface area contributed by atoms with Gasteiger partial charge in [-0.3, -0.25) is 9.59 Å². The van der Waals surface area contributed by atoms with Crippen LogP contribution in [0.15, 0.2) is 72.8 Å². The number of amides is 1. The van der Waals surface area contributed by atoms with E-state index in [0.29, 0.717) is 33.9 Å². The fraction of sp³-hybridized carbons (Fsp3) is 0.0909. The molecule has 0 aliphatic rings. The number of carbonyl (C=O) groups excluding carboxylic acids is 2. The molecule has 5 nitrogen and oxygen atoms in total. The molecule has 0 atom stereocenters. The van der Waals surface area contributed by atoms with Gasteiger partial charge in [-0.15, -0.1) is 0 Å². The number of hydrogen-bond donors (Lipinski definition) is 1. The third-order valence-corrected chi connectivity index (χ3v) is 4.08. The lowest BCUT2D eigenvalue weighted by atomic mass is 10.0. The van der Waals surface area contributed by atoms with Gasteiger partial charge in [0.2, 0.25) is 0 Å². The molecule has 27 heavy (non-hydrogen) atoms. The molecular weight excluding hydrogens is 342 g/mol. The van der Waals surface area contributed by atoms with Crippen molar-refractivity contribution in [2.45, 2.75) is 0 Å². The van der Waals surface area contributed by atoms with E-state index in [9.17, 15) is 9.59 Å². The van der Waals surface area contributed by atoms with Gasteiger partial charge in [0.05, 0.1) is 19.9 Å². The SMILES string of the molecule is COc1cccc(C(=O)Nc2cc(C(=O)c3ccccc3)ccc2OC)c1. The largest absolute Gasteiger partial charge is 0.497 e. The summed E-state index contributed by atoms with van der Waals surface area (Å²) < 4.78 is 10.5. The maximum absolute atomic E-state index is 12.7. The maximum Gasteiger partial charge on any atom is 0.255 e. The first-order valence-electron chi connectivity index (χ1n) is 8.35. The quantitative estimate of drug-likeness (QED) is 0.669. The minimum atomic E-state index is -0.323. The van der Waals surface area contributed by atoms with Crippen molar-refractivity contribution in [1.82, 2.24) is 0 Å². The van der Waals surface area contributed by atoms with Gasteiger partial charge >= 0.3 is 0 Å². The van der Waals surface area contributed by atoms with Gasteiger partial charge in [-0.2, -0.15) is 0 Å². The van der Waals surface area contributed by atoms with Crippen molar-refractivity contribution in [2.75, 3.05) is 19.5 Å². The van der Waals surface area contributed by atoms with Gasteiger partial charge in [0.25, 0.3) is 5.91 Å². The summed E-state index contributed by atoms with van der Waals surface area (Å²) in [7, 11) is 3.05. The number of methoxy groups -OCH3 is 2. The van der Waals surface area contributed by atoms with Crippen molar-refractivity contribution in [1.29, 1.82) is 0 Å². The predicted molar refractivity (Wildman–Crippen MR) is 104 cm³/mol. The molecule has 0 radical (unpaired) electrons. The number of benzene rings is 3. The molecule has 0 fully saturated rings. The fourth-order valence-electron chi connectivity index (χ4n) is 2.66. The summed E-state index contributed by atoms with van der Waals surface area (Å²) in [4.78, 5) is 25.3. The average molecular weight is 361 g/mol. The van der Waals surface area contributed by atoms with E-state index in [2.05, 4.69) is 5.32 Å². The lowest BCUT2D eigenvalue weighted by Gasteiger charge is -2.12. The zero-order chi connectivity index (χ0) is 19.2. The van der Waals surface area contributed by atoms with Crippen LogP contribution in [0.4, 0.5) is 5.69 Å². The summed E-state index contributed by atoms with van der Waals surface area (Å²) in [6.45, 7) is 0. The summed E-state index contributed by atoms with van der Waals surface area (Å²) in [5.41, 5.74) is 1.90. The van der Waals surface area contributed by atoms with Gasteiger partial charge in [-0.05, 0) is 36.4 Å². The van der Waals surface area contributed by atoms with Gasteiger partial charge in [0.15, 0.2) is 5.78 Å². The lowest BCUT2D eigenvalue weighted by Crippen LogP contribution is -2.13. The Kier molecular flexibility index (Phi) is 5.52. The van der Waals surface area contributed by atoms with Gasteiger partial charge in [-0.1, -0.05) is 36.4 Å². The first kappa shape index (κ1) is 18.2. The Balaban J connectivity index is 1.89. The molecule has 3 aromatic rings. The van der Waals surface area contributed by atoms with Crippen LogP contribution < -0.4 is 14.8 Å². The summed E-state index contributed by atoms with van der Waals surface area (Å²) in [5.74, 6) is 0.602. The molecule has 0 aromatic heterocycles. The number of rotatable bonds is 6. The lowest BCUT2D eigenvalue weighted by molar-refractivity contribution is 0.102. The van der Waals surface area contributed by atoms with E-state index in [-0.39, 0.29) is 11.7 Å². The molecule has 136 valence electrons. The second kappa shape index (κ2) is 8.19. The molecule has 0 aliphatic heterocycles. The summed E-state index contributed by atoms with van der Waals surface area (Å²) >= 11 is 0.